The monoisotopic (exact) mass is 432 g/mol. The highest BCUT2D eigenvalue weighted by atomic mass is 19.1. The van der Waals surface area contributed by atoms with E-state index >= 15 is 0 Å². The molecule has 1 heterocycles. The second kappa shape index (κ2) is 8.23. The molecule has 5 heteroatoms. The lowest BCUT2D eigenvalue weighted by atomic mass is 9.82. The number of aryl methyl sites for hydroxylation is 1. The summed E-state index contributed by atoms with van der Waals surface area (Å²) in [6.45, 7) is 5.57. The number of nitrogens with zero attached hydrogens (tertiary/aromatic N) is 2. The van der Waals surface area contributed by atoms with Gasteiger partial charge >= 0.3 is 0 Å². The van der Waals surface area contributed by atoms with Gasteiger partial charge in [-0.05, 0) is 41.8 Å². The minimum absolute atomic E-state index is 0.131. The molecule has 3 aromatic rings. The summed E-state index contributed by atoms with van der Waals surface area (Å²) in [6, 6.07) is 19.8. The summed E-state index contributed by atoms with van der Waals surface area (Å²) in [7, 11) is 0. The number of fused-ring (bicyclic) bond motifs is 1. The van der Waals surface area contributed by atoms with Gasteiger partial charge in [-0.15, -0.1) is 0 Å². The first-order valence-corrected chi connectivity index (χ1v) is 11.1. The highest BCUT2D eigenvalue weighted by Crippen LogP contribution is 2.44. The van der Waals surface area contributed by atoms with E-state index in [4.69, 9.17) is 0 Å². The molecule has 1 aliphatic heterocycles. The maximum absolute atomic E-state index is 14.7. The van der Waals surface area contributed by atoms with Crippen LogP contribution < -0.4 is 0 Å². The largest absolute Gasteiger partial charge is 0.297 e. The van der Waals surface area contributed by atoms with Crippen LogP contribution in [-0.4, -0.2) is 41.8 Å². The molecule has 1 unspecified atom stereocenters. The Labute approximate surface area is 187 Å². The van der Waals surface area contributed by atoms with E-state index in [1.807, 2.05) is 31.2 Å². The average molecular weight is 433 g/mol. The standard InChI is InChI=1S/C27H26F2N2O/c1-19-14-21(16-22(28)15-19)27(17-24-23(26(27)32)8-5-9-25(24)29)31-12-10-30(11-13-31)18-20-6-3-2-4-7-20/h2-9,14-16H,10-13,17-18H2,1H3. The number of piperazine rings is 1. The molecule has 1 atom stereocenters. The maximum atomic E-state index is 14.7. The van der Waals surface area contributed by atoms with Crippen LogP contribution in [0, 0.1) is 18.6 Å². The number of halogens is 2. The predicted molar refractivity (Wildman–Crippen MR) is 121 cm³/mol. The van der Waals surface area contributed by atoms with Crippen LogP contribution in [0.5, 0.6) is 0 Å². The molecule has 2 aliphatic rings. The van der Waals surface area contributed by atoms with Gasteiger partial charge < -0.3 is 0 Å². The van der Waals surface area contributed by atoms with Crippen molar-refractivity contribution < 1.29 is 13.6 Å². The molecule has 0 bridgehead atoms. The summed E-state index contributed by atoms with van der Waals surface area (Å²) in [5.74, 6) is -0.867. The minimum Gasteiger partial charge on any atom is -0.297 e. The Bertz CT molecular complexity index is 1140. The molecule has 1 aliphatic carbocycles. The van der Waals surface area contributed by atoms with Crippen molar-refractivity contribution >= 4 is 5.78 Å². The number of benzene rings is 3. The molecule has 0 saturated carbocycles. The fourth-order valence-corrected chi connectivity index (χ4v) is 5.29. The van der Waals surface area contributed by atoms with Crippen molar-refractivity contribution in [3.63, 3.8) is 0 Å². The van der Waals surface area contributed by atoms with Crippen LogP contribution in [-0.2, 0) is 18.5 Å². The fourth-order valence-electron chi connectivity index (χ4n) is 5.29. The lowest BCUT2D eigenvalue weighted by molar-refractivity contribution is 0.0285. The van der Waals surface area contributed by atoms with Crippen LogP contribution in [0.15, 0.2) is 66.7 Å². The first-order chi connectivity index (χ1) is 15.5. The molecule has 3 nitrogen and oxygen atoms in total. The maximum Gasteiger partial charge on any atom is 0.188 e. The van der Waals surface area contributed by atoms with Crippen molar-refractivity contribution in [3.05, 3.63) is 106 Å². The van der Waals surface area contributed by atoms with E-state index in [2.05, 4.69) is 21.9 Å². The molecular weight excluding hydrogens is 406 g/mol. The average Bonchev–Trinajstić information content (AvgIpc) is 3.09. The first-order valence-electron chi connectivity index (χ1n) is 11.1. The quantitative estimate of drug-likeness (QED) is 0.596. The zero-order valence-corrected chi connectivity index (χ0v) is 18.2. The Morgan fingerprint density at radius 3 is 2.34 bits per heavy atom. The summed E-state index contributed by atoms with van der Waals surface area (Å²) in [5.41, 5.74) is 2.40. The van der Waals surface area contributed by atoms with Gasteiger partial charge in [0.05, 0.1) is 0 Å². The third-order valence-corrected chi connectivity index (χ3v) is 6.85. The van der Waals surface area contributed by atoms with Crippen molar-refractivity contribution in [3.8, 4) is 0 Å². The van der Waals surface area contributed by atoms with Gasteiger partial charge in [-0.1, -0.05) is 48.5 Å². The van der Waals surface area contributed by atoms with Gasteiger partial charge in [-0.2, -0.15) is 0 Å². The molecule has 32 heavy (non-hydrogen) atoms. The van der Waals surface area contributed by atoms with E-state index in [0.717, 1.165) is 25.2 Å². The van der Waals surface area contributed by atoms with Gasteiger partial charge in [0.1, 0.15) is 17.2 Å². The highest BCUT2D eigenvalue weighted by molar-refractivity contribution is 6.08. The topological polar surface area (TPSA) is 23.6 Å². The Morgan fingerprint density at radius 1 is 0.906 bits per heavy atom. The van der Waals surface area contributed by atoms with Crippen molar-refractivity contribution in [1.29, 1.82) is 0 Å². The molecule has 0 amide bonds. The van der Waals surface area contributed by atoms with Crippen LogP contribution in [0.3, 0.4) is 0 Å². The van der Waals surface area contributed by atoms with E-state index in [1.165, 1.54) is 23.8 Å². The number of hydrogen-bond donors (Lipinski definition) is 0. The third-order valence-electron chi connectivity index (χ3n) is 6.85. The smallest absolute Gasteiger partial charge is 0.188 e. The Kier molecular flexibility index (Phi) is 5.39. The predicted octanol–water partition coefficient (Wildman–Crippen LogP) is 4.73. The zero-order chi connectivity index (χ0) is 22.3. The normalized spacial score (nSPS) is 21.7. The van der Waals surface area contributed by atoms with Crippen molar-refractivity contribution in [2.75, 3.05) is 26.2 Å². The molecule has 5 rings (SSSR count). The van der Waals surface area contributed by atoms with Gasteiger partial charge in [-0.25, -0.2) is 8.78 Å². The number of ketones is 1. The lowest BCUT2D eigenvalue weighted by Crippen LogP contribution is -2.58. The Balaban J connectivity index is 1.48. The molecule has 1 fully saturated rings. The second-order valence-electron chi connectivity index (χ2n) is 8.90. The molecule has 0 spiro atoms. The lowest BCUT2D eigenvalue weighted by Gasteiger charge is -2.45. The molecule has 0 radical (unpaired) electrons. The van der Waals surface area contributed by atoms with E-state index in [1.54, 1.807) is 12.1 Å². The van der Waals surface area contributed by atoms with Crippen molar-refractivity contribution in [2.24, 2.45) is 0 Å². The molecule has 3 aromatic carbocycles. The molecule has 164 valence electrons. The SMILES string of the molecule is Cc1cc(F)cc(C2(N3CCN(Cc4ccccc4)CC3)Cc3c(F)cccc3C2=O)c1. The van der Waals surface area contributed by atoms with Gasteiger partial charge in [-0.3, -0.25) is 14.6 Å². The number of hydrogen-bond acceptors (Lipinski definition) is 3. The van der Waals surface area contributed by atoms with Crippen LogP contribution in [0.4, 0.5) is 8.78 Å². The summed E-state index contributed by atoms with van der Waals surface area (Å²) in [5, 5.41) is 0. The second-order valence-corrected chi connectivity index (χ2v) is 8.90. The van der Waals surface area contributed by atoms with E-state index in [-0.39, 0.29) is 23.8 Å². The van der Waals surface area contributed by atoms with E-state index in [9.17, 15) is 13.6 Å². The van der Waals surface area contributed by atoms with Crippen LogP contribution in [0.2, 0.25) is 0 Å². The van der Waals surface area contributed by atoms with Crippen molar-refractivity contribution in [2.45, 2.75) is 25.4 Å². The van der Waals surface area contributed by atoms with Gasteiger partial charge in [0, 0.05) is 50.3 Å². The number of Topliss-reactive ketones (excluding diaryl/α,β-unsaturated/α-hetero) is 1. The number of rotatable bonds is 4. The molecular formula is C27H26F2N2O. The minimum atomic E-state index is -1.07. The first kappa shape index (κ1) is 21.0. The van der Waals surface area contributed by atoms with Crippen LogP contribution in [0.25, 0.3) is 0 Å². The number of carbonyl (C=O) groups is 1. The third kappa shape index (κ3) is 3.55. The molecule has 1 saturated heterocycles. The van der Waals surface area contributed by atoms with Crippen LogP contribution in [0.1, 0.15) is 32.6 Å². The Hall–Kier alpha value is -2.89. The fraction of sp³-hybridized carbons (Fsp3) is 0.296. The van der Waals surface area contributed by atoms with Gasteiger partial charge in [0.2, 0.25) is 0 Å². The van der Waals surface area contributed by atoms with E-state index < -0.39 is 5.54 Å². The molecule has 0 N–H and O–H groups in total. The summed E-state index contributed by atoms with van der Waals surface area (Å²) < 4.78 is 29.1. The highest BCUT2D eigenvalue weighted by Gasteiger charge is 2.52. The van der Waals surface area contributed by atoms with Gasteiger partial charge in [0.25, 0.3) is 0 Å². The van der Waals surface area contributed by atoms with Crippen LogP contribution >= 0.6 is 0 Å². The summed E-state index contributed by atoms with van der Waals surface area (Å²) >= 11 is 0. The van der Waals surface area contributed by atoms with Gasteiger partial charge in [0.15, 0.2) is 5.78 Å². The van der Waals surface area contributed by atoms with Crippen molar-refractivity contribution in [1.82, 2.24) is 9.80 Å². The summed E-state index contributed by atoms with van der Waals surface area (Å²) in [6.07, 6.45) is 0.232. The Morgan fingerprint density at radius 2 is 1.66 bits per heavy atom. The molecule has 0 aromatic heterocycles. The number of carbonyl (C=O) groups excluding carboxylic acids is 1. The van der Waals surface area contributed by atoms with E-state index in [0.29, 0.717) is 29.8 Å². The zero-order valence-electron chi connectivity index (χ0n) is 18.2. The summed E-state index contributed by atoms with van der Waals surface area (Å²) in [4.78, 5) is 18.3.